The first-order valence-corrected chi connectivity index (χ1v) is 15.0. The van der Waals surface area contributed by atoms with Gasteiger partial charge in [0.2, 0.25) is 0 Å². The van der Waals surface area contributed by atoms with Crippen molar-refractivity contribution in [2.75, 3.05) is 5.32 Å². The molecule has 2 heterocycles. The summed E-state index contributed by atoms with van der Waals surface area (Å²) in [6.07, 6.45) is 1.80. The summed E-state index contributed by atoms with van der Waals surface area (Å²) in [5.41, 5.74) is 24.9. The molecule has 47 heavy (non-hydrogen) atoms. The van der Waals surface area contributed by atoms with Gasteiger partial charge in [-0.2, -0.15) is 23.2 Å². The molecule has 2 aliphatic rings. The molecule has 6 nitrogen and oxygen atoms in total. The maximum atomic E-state index is 5.52. The number of benzene rings is 4. The van der Waals surface area contributed by atoms with Crippen molar-refractivity contribution in [2.45, 2.75) is 54.4 Å². The fourth-order valence-electron chi connectivity index (χ4n) is 4.53. The first kappa shape index (κ1) is 44.5. The first-order chi connectivity index (χ1) is 21.0. The molecule has 0 atom stereocenters. The zero-order valence-corrected chi connectivity index (χ0v) is 36.3. The van der Waals surface area contributed by atoms with Gasteiger partial charge in [0.1, 0.15) is 0 Å². The minimum Gasteiger partial charge on any atom is -0.388 e. The Morgan fingerprint density at radius 2 is 1.40 bits per heavy atom. The number of isothiocyanates is 1. The molecule has 0 spiro atoms. The van der Waals surface area contributed by atoms with Gasteiger partial charge < -0.3 is 21.8 Å². The fourth-order valence-corrected chi connectivity index (χ4v) is 4.74. The van der Waals surface area contributed by atoms with E-state index in [4.69, 9.17) is 23.7 Å². The normalized spacial score (nSPS) is 11.0. The van der Waals surface area contributed by atoms with Crippen molar-refractivity contribution >= 4 is 69.0 Å². The Morgan fingerprint density at radius 3 is 2.02 bits per heavy atom. The molecule has 6 rings (SSSR count). The maximum absolute atomic E-state index is 5.52. The van der Waals surface area contributed by atoms with E-state index in [0.717, 1.165) is 35.5 Å². The predicted octanol–water partition coefficient (Wildman–Crippen LogP) is 8.66. The van der Waals surface area contributed by atoms with Gasteiger partial charge in [0.25, 0.3) is 0 Å². The molecule has 4 aromatic rings. The van der Waals surface area contributed by atoms with Crippen LogP contribution in [0, 0.1) is 40.7 Å². The average Bonchev–Trinajstić information content (AvgIpc) is 3.56. The van der Waals surface area contributed by atoms with E-state index in [0.29, 0.717) is 10.9 Å². The molecule has 0 saturated carbocycles. The minimum absolute atomic E-state index is 0. The molecule has 0 saturated heterocycles. The number of rotatable bonds is 2. The standard InChI is InChI=1S/C10H11N.C9H12N2S.C9H9NS.C8H7N2.V.2W/c1-7-4-3-5-10-9(7)6-8(2)11-10;1-6-4-3-5-8(7(6)2)11-9(10)12;1-7-4-3-5-9(8(7)2)10-6-11;9-8-5-6-3-1-2-4-7(6)10-8;;;/h3-5H,6H2,1-2H3;3-5H,1-2H3,(H3,10,11,12);3-5H,1-2H3;1-2,4H,5H2,(H2,9,10);;;/q;;;-1;;;. The Morgan fingerprint density at radius 1 is 0.809 bits per heavy atom. The summed E-state index contributed by atoms with van der Waals surface area (Å²) in [5, 5.41) is 5.59. The van der Waals surface area contributed by atoms with Crippen molar-refractivity contribution in [2.24, 2.45) is 26.4 Å². The smallest absolute Gasteiger partial charge is 0.168 e. The van der Waals surface area contributed by atoms with Crippen LogP contribution in [-0.4, -0.2) is 21.8 Å². The van der Waals surface area contributed by atoms with E-state index < -0.39 is 0 Å². The van der Waals surface area contributed by atoms with E-state index in [1.165, 1.54) is 44.8 Å². The summed E-state index contributed by atoms with van der Waals surface area (Å²) in [7, 11) is 0. The summed E-state index contributed by atoms with van der Waals surface area (Å²) < 4.78 is 0. The number of nitrogens with zero attached hydrogens (tertiary/aromatic N) is 3. The molecule has 0 aromatic heterocycles. The maximum Gasteiger partial charge on any atom is 0.168 e. The largest absolute Gasteiger partial charge is 0.388 e. The van der Waals surface area contributed by atoms with Crippen LogP contribution in [0.4, 0.5) is 22.7 Å². The molecule has 0 unspecified atom stereocenters. The Labute approximate surface area is 330 Å². The second-order valence-electron chi connectivity index (χ2n) is 10.6. The average molecular weight is 1040 g/mol. The molecule has 0 aliphatic carbocycles. The van der Waals surface area contributed by atoms with Crippen molar-refractivity contribution in [3.8, 4) is 0 Å². The first-order valence-electron chi connectivity index (χ1n) is 14.2. The molecule has 0 amide bonds. The van der Waals surface area contributed by atoms with E-state index in [1.807, 2.05) is 56.3 Å². The van der Waals surface area contributed by atoms with Crippen LogP contribution in [0.3, 0.4) is 0 Å². The Hall–Kier alpha value is -2.53. The number of nitrogens with one attached hydrogen (secondary N) is 1. The number of thiocarbonyl (C=S) groups is 2. The number of anilines is 1. The molecule has 11 heteroatoms. The van der Waals surface area contributed by atoms with Crippen LogP contribution >= 0.6 is 24.4 Å². The fraction of sp³-hybridized carbons (Fsp3) is 0.222. The van der Waals surface area contributed by atoms with E-state index in [1.54, 1.807) is 0 Å². The molecule has 243 valence electrons. The van der Waals surface area contributed by atoms with E-state index in [9.17, 15) is 0 Å². The topological polar surface area (TPSA) is 101 Å². The van der Waals surface area contributed by atoms with Crippen molar-refractivity contribution in [3.05, 3.63) is 118 Å². The molecular formula is C36H39N6S2VW2-. The minimum atomic E-state index is 0. The van der Waals surface area contributed by atoms with E-state index in [2.05, 4.69) is 102 Å². The molecule has 0 bridgehead atoms. The SMILES string of the molecule is CC1=Nc2cccc(C)c2C1.Cc1cccc(N=C=S)c1C.Cc1cccc(NC(N)=S)c1C.NC1=Nc2ccc[c-]c2C1.[V].[W].[W]. The number of aliphatic imine (C=N–C) groups is 3. The Kier molecular flexibility index (Phi) is 21.0. The van der Waals surface area contributed by atoms with Gasteiger partial charge in [0, 0.05) is 84.9 Å². The second kappa shape index (κ2) is 22.2. The number of hydrogen-bond donors (Lipinski definition) is 3. The molecule has 4 aromatic carbocycles. The zero-order valence-electron chi connectivity index (χ0n) is 27.4. The third-order valence-electron chi connectivity index (χ3n) is 7.27. The monoisotopic (exact) mass is 1040 g/mol. The summed E-state index contributed by atoms with van der Waals surface area (Å²) in [5.74, 6) is 0.692. The van der Waals surface area contributed by atoms with Gasteiger partial charge in [-0.25, -0.2) is 0 Å². The zero-order chi connectivity index (χ0) is 32.2. The van der Waals surface area contributed by atoms with E-state index >= 15 is 0 Å². The number of aryl methyl sites for hydroxylation is 3. The molecule has 1 radical (unpaired) electrons. The van der Waals surface area contributed by atoms with Crippen LogP contribution in [0.1, 0.15) is 45.9 Å². The quantitative estimate of drug-likeness (QED) is 0.106. The van der Waals surface area contributed by atoms with Gasteiger partial charge in [-0.3, -0.25) is 4.99 Å². The molecular weight excluding hydrogens is 999 g/mol. The summed E-state index contributed by atoms with van der Waals surface area (Å²) in [4.78, 5) is 12.5. The number of amidine groups is 1. The van der Waals surface area contributed by atoms with Gasteiger partial charge in [-0.1, -0.05) is 36.4 Å². The summed E-state index contributed by atoms with van der Waals surface area (Å²) >= 11 is 9.27. The van der Waals surface area contributed by atoms with Crippen LogP contribution < -0.4 is 16.8 Å². The van der Waals surface area contributed by atoms with Crippen LogP contribution in [0.2, 0.25) is 0 Å². The van der Waals surface area contributed by atoms with Gasteiger partial charge in [-0.15, -0.1) is 11.6 Å². The van der Waals surface area contributed by atoms with Gasteiger partial charge in [-0.05, 0) is 123 Å². The van der Waals surface area contributed by atoms with Gasteiger partial charge >= 0.3 is 0 Å². The molecule has 5 N–H and O–H groups in total. The van der Waals surface area contributed by atoms with Gasteiger partial charge in [0.15, 0.2) is 5.11 Å². The van der Waals surface area contributed by atoms with Gasteiger partial charge in [0.05, 0.1) is 22.4 Å². The summed E-state index contributed by atoms with van der Waals surface area (Å²) in [6, 6.07) is 27.1. The third kappa shape index (κ3) is 13.9. The number of fused-ring (bicyclic) bond motifs is 2. The Balaban J connectivity index is 0.000000588. The van der Waals surface area contributed by atoms with Crippen molar-refractivity contribution in [1.29, 1.82) is 0 Å². The molecule has 0 fully saturated rings. The van der Waals surface area contributed by atoms with Crippen molar-refractivity contribution < 1.29 is 60.7 Å². The Bertz CT molecular complexity index is 1770. The van der Waals surface area contributed by atoms with Crippen molar-refractivity contribution in [3.63, 3.8) is 0 Å². The predicted molar refractivity (Wildman–Crippen MR) is 195 cm³/mol. The number of hydrogen-bond acceptors (Lipinski definition) is 6. The third-order valence-corrected chi connectivity index (χ3v) is 7.47. The number of nitrogens with two attached hydrogens (primary N) is 2. The van der Waals surface area contributed by atoms with Crippen LogP contribution in [0.15, 0.2) is 87.8 Å². The van der Waals surface area contributed by atoms with E-state index in [-0.39, 0.29) is 60.7 Å². The van der Waals surface area contributed by atoms with Crippen molar-refractivity contribution in [1.82, 2.24) is 0 Å². The molecule has 2 aliphatic heterocycles. The summed E-state index contributed by atoms with van der Waals surface area (Å²) in [6.45, 7) is 12.4. The second-order valence-corrected chi connectivity index (χ2v) is 11.2. The van der Waals surface area contributed by atoms with Crippen LogP contribution in [0.5, 0.6) is 0 Å². The van der Waals surface area contributed by atoms with Crippen LogP contribution in [0.25, 0.3) is 0 Å². The van der Waals surface area contributed by atoms with Crippen LogP contribution in [-0.2, 0) is 73.5 Å².